The van der Waals surface area contributed by atoms with E-state index in [0.717, 1.165) is 16.5 Å². The summed E-state index contributed by atoms with van der Waals surface area (Å²) in [6.07, 6.45) is 0. The van der Waals surface area contributed by atoms with E-state index in [9.17, 15) is 9.18 Å². The molecule has 3 rings (SSSR count). The van der Waals surface area contributed by atoms with Crippen molar-refractivity contribution >= 4 is 22.4 Å². The van der Waals surface area contributed by atoms with Gasteiger partial charge in [0.1, 0.15) is 5.82 Å². The molecule has 0 saturated carbocycles. The number of halogens is 1. The number of carbonyl (C=O) groups excluding carboxylic acids is 1. The summed E-state index contributed by atoms with van der Waals surface area (Å²) in [5.74, 6) is -0.369. The van der Waals surface area contributed by atoms with Crippen molar-refractivity contribution in [3.05, 3.63) is 78.1 Å². The van der Waals surface area contributed by atoms with E-state index in [1.54, 1.807) is 18.2 Å². The maximum Gasteiger partial charge on any atom is 0.241 e. The molecule has 25 heavy (non-hydrogen) atoms. The molecule has 0 saturated heterocycles. The second kappa shape index (κ2) is 7.45. The summed E-state index contributed by atoms with van der Waals surface area (Å²) < 4.78 is 13.8. The SMILES string of the molecule is C[C@@H](C(=O)Nc1cccc2ccccc12)N(C)Cc1ccccc1F. The van der Waals surface area contributed by atoms with E-state index in [0.29, 0.717) is 12.1 Å². The van der Waals surface area contributed by atoms with Crippen LogP contribution >= 0.6 is 0 Å². The first kappa shape index (κ1) is 17.1. The third-order valence-corrected chi connectivity index (χ3v) is 4.47. The van der Waals surface area contributed by atoms with Gasteiger partial charge in [-0.15, -0.1) is 0 Å². The lowest BCUT2D eigenvalue weighted by molar-refractivity contribution is -0.120. The van der Waals surface area contributed by atoms with Crippen molar-refractivity contribution < 1.29 is 9.18 Å². The molecule has 3 aromatic carbocycles. The Balaban J connectivity index is 1.73. The number of likely N-dealkylation sites (N-methyl/N-ethyl adjacent to an activating group) is 1. The van der Waals surface area contributed by atoms with Gasteiger partial charge in [-0.05, 0) is 31.5 Å². The zero-order chi connectivity index (χ0) is 17.8. The number of fused-ring (bicyclic) bond motifs is 1. The van der Waals surface area contributed by atoms with Gasteiger partial charge in [0.25, 0.3) is 0 Å². The Kier molecular flexibility index (Phi) is 5.10. The van der Waals surface area contributed by atoms with Crippen LogP contribution in [0, 0.1) is 5.82 Å². The minimum absolute atomic E-state index is 0.116. The maximum atomic E-state index is 13.8. The number of hydrogen-bond acceptors (Lipinski definition) is 2. The Labute approximate surface area is 147 Å². The van der Waals surface area contributed by atoms with E-state index in [2.05, 4.69) is 5.32 Å². The summed E-state index contributed by atoms with van der Waals surface area (Å²) in [4.78, 5) is 14.5. The van der Waals surface area contributed by atoms with Gasteiger partial charge in [-0.1, -0.05) is 54.6 Å². The Hall–Kier alpha value is -2.72. The molecule has 1 atom stereocenters. The highest BCUT2D eigenvalue weighted by Gasteiger charge is 2.19. The fraction of sp³-hybridized carbons (Fsp3) is 0.190. The van der Waals surface area contributed by atoms with Crippen molar-refractivity contribution in [3.63, 3.8) is 0 Å². The Morgan fingerprint density at radius 1 is 1.04 bits per heavy atom. The number of rotatable bonds is 5. The van der Waals surface area contributed by atoms with Gasteiger partial charge in [-0.2, -0.15) is 0 Å². The van der Waals surface area contributed by atoms with Crippen LogP contribution < -0.4 is 5.32 Å². The predicted octanol–water partition coefficient (Wildman–Crippen LogP) is 4.44. The van der Waals surface area contributed by atoms with Crippen LogP contribution in [0.5, 0.6) is 0 Å². The summed E-state index contributed by atoms with van der Waals surface area (Å²) in [5, 5.41) is 5.07. The van der Waals surface area contributed by atoms with Crippen molar-refractivity contribution in [2.24, 2.45) is 0 Å². The van der Waals surface area contributed by atoms with E-state index >= 15 is 0 Å². The van der Waals surface area contributed by atoms with Crippen LogP contribution in [0.2, 0.25) is 0 Å². The van der Waals surface area contributed by atoms with E-state index < -0.39 is 6.04 Å². The minimum atomic E-state index is -0.390. The molecule has 0 radical (unpaired) electrons. The van der Waals surface area contributed by atoms with Crippen molar-refractivity contribution in [2.75, 3.05) is 12.4 Å². The lowest BCUT2D eigenvalue weighted by Crippen LogP contribution is -2.39. The van der Waals surface area contributed by atoms with Gasteiger partial charge in [0.2, 0.25) is 5.91 Å². The molecular formula is C21H21FN2O. The number of hydrogen-bond donors (Lipinski definition) is 1. The minimum Gasteiger partial charge on any atom is -0.324 e. The van der Waals surface area contributed by atoms with Crippen LogP contribution in [0.3, 0.4) is 0 Å². The topological polar surface area (TPSA) is 32.3 Å². The quantitative estimate of drug-likeness (QED) is 0.747. The summed E-state index contributed by atoms with van der Waals surface area (Å²) in [7, 11) is 1.82. The molecule has 3 nitrogen and oxygen atoms in total. The van der Waals surface area contributed by atoms with Gasteiger partial charge < -0.3 is 5.32 Å². The van der Waals surface area contributed by atoms with E-state index in [4.69, 9.17) is 0 Å². The molecule has 3 aromatic rings. The zero-order valence-corrected chi connectivity index (χ0v) is 14.4. The van der Waals surface area contributed by atoms with Gasteiger partial charge >= 0.3 is 0 Å². The first-order valence-electron chi connectivity index (χ1n) is 8.28. The number of amides is 1. The normalized spacial score (nSPS) is 12.3. The molecule has 1 N–H and O–H groups in total. The molecule has 0 heterocycles. The smallest absolute Gasteiger partial charge is 0.241 e. The summed E-state index contributed by atoms with van der Waals surface area (Å²) in [6.45, 7) is 2.19. The second-order valence-electron chi connectivity index (χ2n) is 6.20. The van der Waals surface area contributed by atoms with Gasteiger partial charge in [-0.3, -0.25) is 9.69 Å². The average molecular weight is 336 g/mol. The van der Waals surface area contributed by atoms with Gasteiger partial charge in [-0.25, -0.2) is 4.39 Å². The lowest BCUT2D eigenvalue weighted by atomic mass is 10.1. The molecule has 0 aromatic heterocycles. The number of nitrogens with zero attached hydrogens (tertiary/aromatic N) is 1. The van der Waals surface area contributed by atoms with Gasteiger partial charge in [0.05, 0.1) is 6.04 Å². The second-order valence-corrected chi connectivity index (χ2v) is 6.20. The number of nitrogens with one attached hydrogen (secondary N) is 1. The maximum absolute atomic E-state index is 13.8. The Morgan fingerprint density at radius 3 is 2.52 bits per heavy atom. The third kappa shape index (κ3) is 3.86. The number of carbonyl (C=O) groups is 1. The van der Waals surface area contributed by atoms with E-state index in [1.807, 2.05) is 61.3 Å². The van der Waals surface area contributed by atoms with E-state index in [1.165, 1.54) is 6.07 Å². The Bertz CT molecular complexity index is 888. The standard InChI is InChI=1S/C21H21FN2O/c1-15(24(2)14-17-9-4-6-12-19(17)22)21(25)23-20-13-7-10-16-8-3-5-11-18(16)20/h3-13,15H,14H2,1-2H3,(H,23,25)/t15-/m0/s1. The molecule has 1 amide bonds. The predicted molar refractivity (Wildman–Crippen MR) is 99.9 cm³/mol. The molecule has 0 unspecified atom stereocenters. The van der Waals surface area contributed by atoms with Crippen molar-refractivity contribution in [2.45, 2.75) is 19.5 Å². The highest BCUT2D eigenvalue weighted by molar-refractivity contribution is 6.03. The molecule has 0 aliphatic carbocycles. The van der Waals surface area contributed by atoms with Gasteiger partial charge in [0.15, 0.2) is 0 Å². The first-order chi connectivity index (χ1) is 12.1. The summed E-state index contributed by atoms with van der Waals surface area (Å²) >= 11 is 0. The van der Waals surface area contributed by atoms with Crippen LogP contribution in [0.25, 0.3) is 10.8 Å². The van der Waals surface area contributed by atoms with Crippen molar-refractivity contribution in [1.29, 1.82) is 0 Å². The molecule has 0 aliphatic rings. The van der Waals surface area contributed by atoms with Crippen LogP contribution in [0.1, 0.15) is 12.5 Å². The number of anilines is 1. The largest absolute Gasteiger partial charge is 0.324 e. The molecule has 4 heteroatoms. The molecule has 0 fully saturated rings. The summed E-state index contributed by atoms with van der Waals surface area (Å²) in [6, 6.07) is 20.0. The third-order valence-electron chi connectivity index (χ3n) is 4.47. The molecular weight excluding hydrogens is 315 g/mol. The van der Waals surface area contributed by atoms with Crippen LogP contribution in [0.15, 0.2) is 66.7 Å². The molecule has 0 spiro atoms. The van der Waals surface area contributed by atoms with Crippen molar-refractivity contribution in [3.8, 4) is 0 Å². The van der Waals surface area contributed by atoms with Crippen LogP contribution in [-0.4, -0.2) is 23.9 Å². The van der Waals surface area contributed by atoms with Crippen LogP contribution in [-0.2, 0) is 11.3 Å². The fourth-order valence-corrected chi connectivity index (χ4v) is 2.80. The monoisotopic (exact) mass is 336 g/mol. The Morgan fingerprint density at radius 2 is 1.72 bits per heavy atom. The number of benzene rings is 3. The highest BCUT2D eigenvalue weighted by Crippen LogP contribution is 2.23. The van der Waals surface area contributed by atoms with E-state index in [-0.39, 0.29) is 11.7 Å². The first-order valence-corrected chi connectivity index (χ1v) is 8.28. The van der Waals surface area contributed by atoms with Crippen molar-refractivity contribution in [1.82, 2.24) is 4.90 Å². The zero-order valence-electron chi connectivity index (χ0n) is 14.4. The lowest BCUT2D eigenvalue weighted by Gasteiger charge is -2.24. The molecule has 0 bridgehead atoms. The average Bonchev–Trinajstić information content (AvgIpc) is 2.63. The summed E-state index contributed by atoms with van der Waals surface area (Å²) in [5.41, 5.74) is 1.36. The van der Waals surface area contributed by atoms with Gasteiger partial charge in [0, 0.05) is 23.2 Å². The highest BCUT2D eigenvalue weighted by atomic mass is 19.1. The van der Waals surface area contributed by atoms with Crippen LogP contribution in [0.4, 0.5) is 10.1 Å². The molecule has 0 aliphatic heterocycles. The molecule has 128 valence electrons. The fourth-order valence-electron chi connectivity index (χ4n) is 2.80.